The fourth-order valence-corrected chi connectivity index (χ4v) is 2.30. The highest BCUT2D eigenvalue weighted by atomic mass is 79.9. The van der Waals surface area contributed by atoms with Gasteiger partial charge in [-0.25, -0.2) is 0 Å². The van der Waals surface area contributed by atoms with E-state index >= 15 is 0 Å². The van der Waals surface area contributed by atoms with E-state index in [0.717, 1.165) is 41.4 Å². The minimum atomic E-state index is 0.804. The highest BCUT2D eigenvalue weighted by Gasteiger charge is 2.13. The van der Waals surface area contributed by atoms with Crippen LogP contribution in [0.25, 0.3) is 0 Å². The quantitative estimate of drug-likeness (QED) is 0.779. The predicted molar refractivity (Wildman–Crippen MR) is 67.8 cm³/mol. The third-order valence-electron chi connectivity index (χ3n) is 2.34. The van der Waals surface area contributed by atoms with Gasteiger partial charge in [0.1, 0.15) is 0 Å². The zero-order valence-corrected chi connectivity index (χ0v) is 11.8. The van der Waals surface area contributed by atoms with Gasteiger partial charge >= 0.3 is 0 Å². The van der Waals surface area contributed by atoms with Crippen molar-refractivity contribution in [3.05, 3.63) is 16.4 Å². The average Bonchev–Trinajstić information content (AvgIpc) is 2.46. The molecule has 1 rings (SSSR count). The molecule has 15 heavy (non-hydrogen) atoms. The van der Waals surface area contributed by atoms with Gasteiger partial charge in [0.05, 0.1) is 16.4 Å². The van der Waals surface area contributed by atoms with Gasteiger partial charge in [-0.1, -0.05) is 27.5 Å². The first-order valence-corrected chi connectivity index (χ1v) is 6.56. The van der Waals surface area contributed by atoms with E-state index in [1.807, 2.05) is 11.6 Å². The van der Waals surface area contributed by atoms with E-state index in [1.165, 1.54) is 0 Å². The monoisotopic (exact) mass is 293 g/mol. The smallest absolute Gasteiger partial charge is 0.0860 e. The maximum atomic E-state index is 6.22. The molecule has 0 atom stereocenters. The fourth-order valence-electron chi connectivity index (χ4n) is 1.50. The van der Waals surface area contributed by atoms with Crippen LogP contribution in [0.1, 0.15) is 18.3 Å². The van der Waals surface area contributed by atoms with Crippen molar-refractivity contribution in [1.29, 1.82) is 0 Å². The molecule has 0 spiro atoms. The lowest BCUT2D eigenvalue weighted by atomic mass is 10.3. The standard InChI is InChI=1S/C10H17BrClN3/c1-4-15-9(7-14(3)6-5-11)10(12)8(2)13-15/h4-7H2,1-3H3. The number of alkyl halides is 1. The summed E-state index contributed by atoms with van der Waals surface area (Å²) in [5.41, 5.74) is 2.03. The third kappa shape index (κ3) is 3.20. The second-order valence-corrected chi connectivity index (χ2v) is 4.76. The molecule has 1 heterocycles. The first-order chi connectivity index (χ1) is 7.10. The van der Waals surface area contributed by atoms with Crippen LogP contribution in [-0.4, -0.2) is 33.6 Å². The number of halogens is 2. The third-order valence-corrected chi connectivity index (χ3v) is 3.19. The summed E-state index contributed by atoms with van der Waals surface area (Å²) < 4.78 is 1.97. The zero-order valence-electron chi connectivity index (χ0n) is 9.43. The molecule has 5 heteroatoms. The van der Waals surface area contributed by atoms with E-state index in [1.54, 1.807) is 0 Å². The van der Waals surface area contributed by atoms with E-state index in [2.05, 4.69) is 39.9 Å². The molecule has 0 aliphatic heterocycles. The Morgan fingerprint density at radius 3 is 2.73 bits per heavy atom. The lowest BCUT2D eigenvalue weighted by Crippen LogP contribution is -2.22. The van der Waals surface area contributed by atoms with E-state index < -0.39 is 0 Å². The van der Waals surface area contributed by atoms with Crippen LogP contribution in [0.2, 0.25) is 5.02 Å². The topological polar surface area (TPSA) is 21.1 Å². The largest absolute Gasteiger partial charge is 0.300 e. The number of rotatable bonds is 5. The van der Waals surface area contributed by atoms with E-state index in [9.17, 15) is 0 Å². The van der Waals surface area contributed by atoms with Crippen molar-refractivity contribution in [2.45, 2.75) is 26.9 Å². The normalized spacial score (nSPS) is 11.3. The second-order valence-electron chi connectivity index (χ2n) is 3.59. The summed E-state index contributed by atoms with van der Waals surface area (Å²) in [6, 6.07) is 0. The number of aryl methyl sites for hydroxylation is 2. The van der Waals surface area contributed by atoms with Crippen molar-refractivity contribution >= 4 is 27.5 Å². The van der Waals surface area contributed by atoms with Crippen LogP contribution in [0.3, 0.4) is 0 Å². The summed E-state index contributed by atoms with van der Waals surface area (Å²) in [6.07, 6.45) is 0. The summed E-state index contributed by atoms with van der Waals surface area (Å²) in [4.78, 5) is 2.23. The molecule has 1 aromatic heterocycles. The number of nitrogens with zero attached hydrogens (tertiary/aromatic N) is 3. The van der Waals surface area contributed by atoms with Gasteiger partial charge in [0.15, 0.2) is 0 Å². The Morgan fingerprint density at radius 1 is 1.53 bits per heavy atom. The highest BCUT2D eigenvalue weighted by Crippen LogP contribution is 2.21. The summed E-state index contributed by atoms with van der Waals surface area (Å²) in [7, 11) is 2.08. The van der Waals surface area contributed by atoms with Crippen molar-refractivity contribution < 1.29 is 0 Å². The molecule has 0 radical (unpaired) electrons. The Kier molecular flexibility index (Phi) is 5.09. The molecule has 0 saturated carbocycles. The van der Waals surface area contributed by atoms with Gasteiger partial charge < -0.3 is 0 Å². The molecule has 0 unspecified atom stereocenters. The molecular formula is C10H17BrClN3. The Bertz CT molecular complexity index is 325. The van der Waals surface area contributed by atoms with Crippen LogP contribution in [0.15, 0.2) is 0 Å². The van der Waals surface area contributed by atoms with Gasteiger partial charge in [-0.2, -0.15) is 5.10 Å². The molecule has 0 aromatic carbocycles. The van der Waals surface area contributed by atoms with Crippen molar-refractivity contribution in [2.24, 2.45) is 0 Å². The summed E-state index contributed by atoms with van der Waals surface area (Å²) in [5, 5.41) is 6.16. The molecule has 0 N–H and O–H groups in total. The SMILES string of the molecule is CCn1nc(C)c(Cl)c1CN(C)CCBr. The number of hydrogen-bond donors (Lipinski definition) is 0. The minimum absolute atomic E-state index is 0.804. The van der Waals surface area contributed by atoms with Crippen molar-refractivity contribution in [2.75, 3.05) is 18.9 Å². The van der Waals surface area contributed by atoms with Gasteiger partial charge in [-0.05, 0) is 20.9 Å². The van der Waals surface area contributed by atoms with Crippen molar-refractivity contribution in [3.8, 4) is 0 Å². The van der Waals surface area contributed by atoms with Gasteiger partial charge in [0, 0.05) is 25.0 Å². The van der Waals surface area contributed by atoms with E-state index in [0.29, 0.717) is 0 Å². The molecule has 86 valence electrons. The lowest BCUT2D eigenvalue weighted by molar-refractivity contribution is 0.336. The maximum Gasteiger partial charge on any atom is 0.0860 e. The van der Waals surface area contributed by atoms with Gasteiger partial charge in [-0.15, -0.1) is 0 Å². The fraction of sp³-hybridized carbons (Fsp3) is 0.700. The molecule has 1 aromatic rings. The van der Waals surface area contributed by atoms with Crippen LogP contribution in [0.5, 0.6) is 0 Å². The van der Waals surface area contributed by atoms with Crippen LogP contribution in [0, 0.1) is 6.92 Å². The second kappa shape index (κ2) is 5.87. The molecule has 0 amide bonds. The minimum Gasteiger partial charge on any atom is -0.300 e. The van der Waals surface area contributed by atoms with Crippen LogP contribution in [0.4, 0.5) is 0 Å². The lowest BCUT2D eigenvalue weighted by Gasteiger charge is -2.15. The molecular weight excluding hydrogens is 277 g/mol. The Hall–Kier alpha value is -0.0600. The number of aromatic nitrogens is 2. The van der Waals surface area contributed by atoms with Crippen molar-refractivity contribution in [3.63, 3.8) is 0 Å². The predicted octanol–water partition coefficient (Wildman–Crippen LogP) is 2.69. The van der Waals surface area contributed by atoms with Crippen molar-refractivity contribution in [1.82, 2.24) is 14.7 Å². The van der Waals surface area contributed by atoms with Gasteiger partial charge in [0.2, 0.25) is 0 Å². The van der Waals surface area contributed by atoms with E-state index in [4.69, 9.17) is 11.6 Å². The van der Waals surface area contributed by atoms with Gasteiger partial charge in [0.25, 0.3) is 0 Å². The van der Waals surface area contributed by atoms with Crippen LogP contribution >= 0.6 is 27.5 Å². The van der Waals surface area contributed by atoms with Crippen LogP contribution in [-0.2, 0) is 13.1 Å². The Morgan fingerprint density at radius 2 is 2.20 bits per heavy atom. The Labute approximate surface area is 105 Å². The van der Waals surface area contributed by atoms with Gasteiger partial charge in [-0.3, -0.25) is 9.58 Å². The number of hydrogen-bond acceptors (Lipinski definition) is 2. The zero-order chi connectivity index (χ0) is 11.4. The molecule has 0 saturated heterocycles. The average molecular weight is 295 g/mol. The Balaban J connectivity index is 2.82. The molecule has 0 aliphatic rings. The molecule has 0 aliphatic carbocycles. The summed E-state index contributed by atoms with van der Waals surface area (Å²) in [6.45, 7) is 6.74. The maximum absolute atomic E-state index is 6.22. The van der Waals surface area contributed by atoms with Crippen LogP contribution < -0.4 is 0 Å². The molecule has 0 fully saturated rings. The summed E-state index contributed by atoms with van der Waals surface area (Å²) in [5.74, 6) is 0. The highest BCUT2D eigenvalue weighted by molar-refractivity contribution is 9.09. The first kappa shape index (κ1) is 13.0. The summed E-state index contributed by atoms with van der Waals surface area (Å²) >= 11 is 9.64. The van der Waals surface area contributed by atoms with E-state index in [-0.39, 0.29) is 0 Å². The first-order valence-electron chi connectivity index (χ1n) is 5.06. The molecule has 3 nitrogen and oxygen atoms in total. The molecule has 0 bridgehead atoms.